The Bertz CT molecular complexity index is 520. The van der Waals surface area contributed by atoms with Gasteiger partial charge in [-0.2, -0.15) is 0 Å². The Kier molecular flexibility index (Phi) is 2.86. The lowest BCUT2D eigenvalue weighted by Gasteiger charge is -2.31. The van der Waals surface area contributed by atoms with E-state index in [0.717, 1.165) is 6.54 Å². The number of carbonyl (C=O) groups excluding carboxylic acids is 1. The highest BCUT2D eigenvalue weighted by Gasteiger charge is 2.66. The molecule has 3 heteroatoms. The van der Waals surface area contributed by atoms with Crippen molar-refractivity contribution in [1.82, 2.24) is 4.90 Å². The largest absolute Gasteiger partial charge is 0.444 e. The van der Waals surface area contributed by atoms with E-state index in [2.05, 4.69) is 31.2 Å². The number of hydrogen-bond acceptors (Lipinski definition) is 2. The second-order valence-corrected chi connectivity index (χ2v) is 7.12. The van der Waals surface area contributed by atoms with Crippen LogP contribution in [0.5, 0.6) is 0 Å². The van der Waals surface area contributed by atoms with Crippen molar-refractivity contribution in [1.29, 1.82) is 0 Å². The van der Waals surface area contributed by atoms with Crippen molar-refractivity contribution in [3.05, 3.63) is 35.9 Å². The molecule has 0 aromatic heterocycles. The van der Waals surface area contributed by atoms with Gasteiger partial charge < -0.3 is 9.64 Å². The summed E-state index contributed by atoms with van der Waals surface area (Å²) in [5.41, 5.74) is 1.10. The quantitative estimate of drug-likeness (QED) is 0.782. The van der Waals surface area contributed by atoms with Crippen LogP contribution in [0.3, 0.4) is 0 Å². The molecule has 0 spiro atoms. The first kappa shape index (κ1) is 13.5. The summed E-state index contributed by atoms with van der Waals surface area (Å²) >= 11 is 0. The first-order chi connectivity index (χ1) is 9.34. The molecule has 20 heavy (non-hydrogen) atoms. The Morgan fingerprint density at radius 1 is 1.30 bits per heavy atom. The summed E-state index contributed by atoms with van der Waals surface area (Å²) in [6, 6.07) is 10.8. The standard InChI is InChI=1S/C17H23NO2/c1-12-17(13-8-6-5-7-9-13)10-14(17)11-18(12)15(19)20-16(2,3)4/h5-9,12,14H,10-11H2,1-4H3/t12-,14+,17-/m1/s1. The number of hydrogen-bond donors (Lipinski definition) is 0. The van der Waals surface area contributed by atoms with Crippen LogP contribution in [0.25, 0.3) is 0 Å². The van der Waals surface area contributed by atoms with E-state index in [1.165, 1.54) is 12.0 Å². The van der Waals surface area contributed by atoms with Crippen LogP contribution in [0.2, 0.25) is 0 Å². The van der Waals surface area contributed by atoms with E-state index in [0.29, 0.717) is 5.92 Å². The van der Waals surface area contributed by atoms with E-state index in [1.54, 1.807) is 0 Å². The SMILES string of the molecule is C[C@H]1N(C(=O)OC(C)(C)C)C[C@@H]2C[C@@]21c1ccccc1. The number of rotatable bonds is 1. The van der Waals surface area contributed by atoms with Gasteiger partial charge >= 0.3 is 6.09 Å². The van der Waals surface area contributed by atoms with E-state index in [4.69, 9.17) is 4.74 Å². The summed E-state index contributed by atoms with van der Waals surface area (Å²) in [6.45, 7) is 8.73. The zero-order chi connectivity index (χ0) is 14.5. The Labute approximate surface area is 120 Å². The van der Waals surface area contributed by atoms with Crippen molar-refractivity contribution in [2.75, 3.05) is 6.54 Å². The van der Waals surface area contributed by atoms with E-state index in [-0.39, 0.29) is 17.6 Å². The van der Waals surface area contributed by atoms with Crippen molar-refractivity contribution >= 4 is 6.09 Å². The third-order valence-corrected chi connectivity index (χ3v) is 4.72. The summed E-state index contributed by atoms with van der Waals surface area (Å²) in [5, 5.41) is 0. The first-order valence-electron chi connectivity index (χ1n) is 7.40. The topological polar surface area (TPSA) is 29.5 Å². The van der Waals surface area contributed by atoms with Crippen molar-refractivity contribution in [2.24, 2.45) is 5.92 Å². The van der Waals surface area contributed by atoms with Crippen molar-refractivity contribution in [2.45, 2.75) is 51.2 Å². The van der Waals surface area contributed by atoms with Crippen LogP contribution in [-0.4, -0.2) is 29.2 Å². The number of amides is 1. The van der Waals surface area contributed by atoms with Crippen LogP contribution in [0, 0.1) is 5.92 Å². The Hall–Kier alpha value is -1.51. The van der Waals surface area contributed by atoms with Crippen LogP contribution in [0.1, 0.15) is 39.7 Å². The summed E-state index contributed by atoms with van der Waals surface area (Å²) < 4.78 is 5.53. The Morgan fingerprint density at radius 2 is 1.95 bits per heavy atom. The van der Waals surface area contributed by atoms with Gasteiger partial charge in [-0.05, 0) is 45.6 Å². The molecule has 1 amide bonds. The van der Waals surface area contributed by atoms with Crippen LogP contribution >= 0.6 is 0 Å². The smallest absolute Gasteiger partial charge is 0.410 e. The van der Waals surface area contributed by atoms with E-state index >= 15 is 0 Å². The first-order valence-corrected chi connectivity index (χ1v) is 7.40. The Morgan fingerprint density at radius 3 is 2.55 bits per heavy atom. The van der Waals surface area contributed by atoms with Gasteiger partial charge in [-0.3, -0.25) is 0 Å². The van der Waals surface area contributed by atoms with Crippen LogP contribution in [0.4, 0.5) is 4.79 Å². The van der Waals surface area contributed by atoms with E-state index in [9.17, 15) is 4.79 Å². The number of fused-ring (bicyclic) bond motifs is 1. The normalized spacial score (nSPS) is 31.9. The minimum Gasteiger partial charge on any atom is -0.444 e. The molecule has 1 aliphatic heterocycles. The molecule has 1 aromatic rings. The predicted molar refractivity (Wildman–Crippen MR) is 78.6 cm³/mol. The molecule has 1 aromatic carbocycles. The molecule has 2 fully saturated rings. The average molecular weight is 273 g/mol. The summed E-state index contributed by atoms with van der Waals surface area (Å²) in [7, 11) is 0. The van der Waals surface area contributed by atoms with E-state index in [1.807, 2.05) is 31.7 Å². The van der Waals surface area contributed by atoms with Crippen LogP contribution < -0.4 is 0 Å². The molecule has 3 rings (SSSR count). The van der Waals surface area contributed by atoms with Crippen LogP contribution in [-0.2, 0) is 10.2 Å². The lowest BCUT2D eigenvalue weighted by atomic mass is 9.89. The molecule has 3 atom stereocenters. The molecule has 1 saturated carbocycles. The van der Waals surface area contributed by atoms with Gasteiger partial charge in [0.25, 0.3) is 0 Å². The van der Waals surface area contributed by atoms with Gasteiger partial charge in [0.05, 0.1) is 0 Å². The van der Waals surface area contributed by atoms with Gasteiger partial charge in [-0.15, -0.1) is 0 Å². The van der Waals surface area contributed by atoms with Crippen molar-refractivity contribution < 1.29 is 9.53 Å². The lowest BCUT2D eigenvalue weighted by Crippen LogP contribution is -2.43. The van der Waals surface area contributed by atoms with Gasteiger partial charge in [0.15, 0.2) is 0 Å². The number of carbonyl (C=O) groups is 1. The molecule has 1 aliphatic carbocycles. The highest BCUT2D eigenvalue weighted by atomic mass is 16.6. The zero-order valence-corrected chi connectivity index (χ0v) is 12.7. The molecule has 2 aliphatic rings. The highest BCUT2D eigenvalue weighted by molar-refractivity contribution is 5.70. The zero-order valence-electron chi connectivity index (χ0n) is 12.7. The molecule has 1 saturated heterocycles. The second-order valence-electron chi connectivity index (χ2n) is 7.12. The summed E-state index contributed by atoms with van der Waals surface area (Å²) in [4.78, 5) is 14.2. The lowest BCUT2D eigenvalue weighted by molar-refractivity contribution is 0.0200. The molecule has 0 bridgehead atoms. The van der Waals surface area contributed by atoms with Crippen LogP contribution in [0.15, 0.2) is 30.3 Å². The highest BCUT2D eigenvalue weighted by Crippen LogP contribution is 2.62. The van der Waals surface area contributed by atoms with Gasteiger partial charge in [0.1, 0.15) is 5.60 Å². The summed E-state index contributed by atoms with van der Waals surface area (Å²) in [6.07, 6.45) is 1.02. The minimum absolute atomic E-state index is 0.165. The number of nitrogens with zero attached hydrogens (tertiary/aromatic N) is 1. The molecule has 0 unspecified atom stereocenters. The van der Waals surface area contributed by atoms with Gasteiger partial charge in [-0.1, -0.05) is 30.3 Å². The number of ether oxygens (including phenoxy) is 1. The predicted octanol–water partition coefficient (Wildman–Crippen LogP) is 3.58. The van der Waals surface area contributed by atoms with Crippen molar-refractivity contribution in [3.8, 4) is 0 Å². The molecule has 0 N–H and O–H groups in total. The molecule has 108 valence electrons. The summed E-state index contributed by atoms with van der Waals surface area (Å²) in [5.74, 6) is 0.590. The number of benzene rings is 1. The third kappa shape index (κ3) is 2.00. The third-order valence-electron chi connectivity index (χ3n) is 4.72. The second kappa shape index (κ2) is 4.24. The number of piperidine rings is 1. The fourth-order valence-corrected chi connectivity index (χ4v) is 3.66. The fourth-order valence-electron chi connectivity index (χ4n) is 3.66. The Balaban J connectivity index is 1.79. The fraction of sp³-hybridized carbons (Fsp3) is 0.588. The maximum atomic E-state index is 12.3. The number of likely N-dealkylation sites (tertiary alicyclic amines) is 1. The molecular weight excluding hydrogens is 250 g/mol. The minimum atomic E-state index is -0.427. The molecule has 0 radical (unpaired) electrons. The van der Waals surface area contributed by atoms with Gasteiger partial charge in [0, 0.05) is 18.0 Å². The van der Waals surface area contributed by atoms with Crippen molar-refractivity contribution in [3.63, 3.8) is 0 Å². The molecule has 1 heterocycles. The monoisotopic (exact) mass is 273 g/mol. The average Bonchev–Trinajstić information content (AvgIpc) is 3.03. The maximum Gasteiger partial charge on any atom is 0.410 e. The van der Waals surface area contributed by atoms with E-state index < -0.39 is 5.60 Å². The van der Waals surface area contributed by atoms with Gasteiger partial charge in [0.2, 0.25) is 0 Å². The maximum absolute atomic E-state index is 12.3. The molecular formula is C17H23NO2. The molecule has 3 nitrogen and oxygen atoms in total. The van der Waals surface area contributed by atoms with Gasteiger partial charge in [-0.25, -0.2) is 4.79 Å².